The molecule has 3 rings (SSSR count). The van der Waals surface area contributed by atoms with E-state index in [-0.39, 0.29) is 5.91 Å². The van der Waals surface area contributed by atoms with Gasteiger partial charge in [0.25, 0.3) is 5.91 Å². The number of amides is 1. The molecule has 2 aromatic carbocycles. The molecule has 0 saturated carbocycles. The lowest BCUT2D eigenvalue weighted by Crippen LogP contribution is -2.04. The quantitative estimate of drug-likeness (QED) is 0.658. The highest BCUT2D eigenvalue weighted by Crippen LogP contribution is 2.34. The predicted molar refractivity (Wildman–Crippen MR) is 88.4 cm³/mol. The van der Waals surface area contributed by atoms with Crippen LogP contribution in [0.1, 0.15) is 21.5 Å². The highest BCUT2D eigenvalue weighted by atomic mass is 79.9. The first-order chi connectivity index (χ1) is 10.6. The number of esters is 1. The van der Waals surface area contributed by atoms with E-state index in [0.29, 0.717) is 16.8 Å². The fraction of sp³-hybridized carbons (Fsp3) is 0.0588. The molecule has 0 saturated heterocycles. The van der Waals surface area contributed by atoms with E-state index in [0.717, 1.165) is 15.6 Å². The number of ether oxygens (including phenoxy) is 1. The van der Waals surface area contributed by atoms with Gasteiger partial charge in [-0.3, -0.25) is 4.79 Å². The minimum absolute atomic E-state index is 0.183. The fourth-order valence-corrected chi connectivity index (χ4v) is 2.76. The van der Waals surface area contributed by atoms with Crippen LogP contribution in [0, 0.1) is 0 Å². The van der Waals surface area contributed by atoms with Gasteiger partial charge in [0, 0.05) is 21.3 Å². The molecule has 1 amide bonds. The Kier molecular flexibility index (Phi) is 3.81. The van der Waals surface area contributed by atoms with Crippen LogP contribution in [0.4, 0.5) is 5.69 Å². The molecule has 0 bridgehead atoms. The summed E-state index contributed by atoms with van der Waals surface area (Å²) in [5, 5.41) is 2.77. The summed E-state index contributed by atoms with van der Waals surface area (Å²) in [6.07, 6.45) is 1.82. The number of hydrogen-bond acceptors (Lipinski definition) is 3. The molecule has 0 atom stereocenters. The summed E-state index contributed by atoms with van der Waals surface area (Å²) in [5.74, 6) is -0.613. The number of hydrogen-bond donors (Lipinski definition) is 1. The number of fused-ring (bicyclic) bond motifs is 1. The second-order valence-electron chi connectivity index (χ2n) is 4.82. The third-order valence-electron chi connectivity index (χ3n) is 3.38. The van der Waals surface area contributed by atoms with Gasteiger partial charge >= 0.3 is 5.97 Å². The van der Waals surface area contributed by atoms with Gasteiger partial charge < -0.3 is 10.1 Å². The molecule has 1 aliphatic heterocycles. The van der Waals surface area contributed by atoms with Crippen LogP contribution >= 0.6 is 15.9 Å². The SMILES string of the molecule is COC(=O)c1ccc2c(c1)NC(=O)C2=Cc1cccc(Br)c1. The minimum atomic E-state index is -0.429. The average molecular weight is 358 g/mol. The van der Waals surface area contributed by atoms with E-state index >= 15 is 0 Å². The maximum Gasteiger partial charge on any atom is 0.337 e. The highest BCUT2D eigenvalue weighted by Gasteiger charge is 2.25. The summed E-state index contributed by atoms with van der Waals surface area (Å²) in [4.78, 5) is 23.7. The summed E-state index contributed by atoms with van der Waals surface area (Å²) >= 11 is 3.41. The zero-order valence-electron chi connectivity index (χ0n) is 11.7. The molecule has 0 aliphatic carbocycles. The molecule has 0 radical (unpaired) electrons. The summed E-state index contributed by atoms with van der Waals surface area (Å²) in [7, 11) is 1.33. The van der Waals surface area contributed by atoms with Crippen molar-refractivity contribution in [2.45, 2.75) is 0 Å². The van der Waals surface area contributed by atoms with Crippen molar-refractivity contribution in [2.75, 3.05) is 12.4 Å². The van der Waals surface area contributed by atoms with Gasteiger partial charge in [-0.05, 0) is 35.9 Å². The van der Waals surface area contributed by atoms with Crippen molar-refractivity contribution in [1.82, 2.24) is 0 Å². The van der Waals surface area contributed by atoms with Crippen LogP contribution < -0.4 is 5.32 Å². The number of benzene rings is 2. The second kappa shape index (κ2) is 5.77. The van der Waals surface area contributed by atoms with Crippen LogP contribution in [-0.4, -0.2) is 19.0 Å². The number of methoxy groups -OCH3 is 1. The van der Waals surface area contributed by atoms with E-state index in [9.17, 15) is 9.59 Å². The van der Waals surface area contributed by atoms with Crippen molar-refractivity contribution < 1.29 is 14.3 Å². The number of halogens is 1. The summed E-state index contributed by atoms with van der Waals surface area (Å²) < 4.78 is 5.63. The molecule has 4 nitrogen and oxygen atoms in total. The lowest BCUT2D eigenvalue weighted by molar-refractivity contribution is -0.110. The smallest absolute Gasteiger partial charge is 0.337 e. The Morgan fingerprint density at radius 2 is 2.05 bits per heavy atom. The molecule has 0 spiro atoms. The van der Waals surface area contributed by atoms with Crippen LogP contribution in [0.5, 0.6) is 0 Å². The average Bonchev–Trinajstić information content (AvgIpc) is 2.81. The van der Waals surface area contributed by atoms with Gasteiger partial charge in [-0.1, -0.05) is 34.1 Å². The van der Waals surface area contributed by atoms with Crippen LogP contribution in [0.15, 0.2) is 46.9 Å². The van der Waals surface area contributed by atoms with Gasteiger partial charge in [-0.25, -0.2) is 4.79 Å². The van der Waals surface area contributed by atoms with E-state index in [1.54, 1.807) is 18.2 Å². The third-order valence-corrected chi connectivity index (χ3v) is 3.88. The largest absolute Gasteiger partial charge is 0.465 e. The Hall–Kier alpha value is -2.40. The van der Waals surface area contributed by atoms with Crippen molar-refractivity contribution in [3.05, 3.63) is 63.6 Å². The molecule has 110 valence electrons. The summed E-state index contributed by atoms with van der Waals surface area (Å²) in [5.41, 5.74) is 3.30. The summed E-state index contributed by atoms with van der Waals surface area (Å²) in [6, 6.07) is 12.7. The van der Waals surface area contributed by atoms with E-state index in [1.165, 1.54) is 7.11 Å². The van der Waals surface area contributed by atoms with Gasteiger partial charge in [0.05, 0.1) is 12.7 Å². The molecule has 0 aromatic heterocycles. The monoisotopic (exact) mass is 357 g/mol. The van der Waals surface area contributed by atoms with Crippen LogP contribution in [0.3, 0.4) is 0 Å². The van der Waals surface area contributed by atoms with Crippen molar-refractivity contribution in [3.8, 4) is 0 Å². The van der Waals surface area contributed by atoms with Gasteiger partial charge in [-0.15, -0.1) is 0 Å². The molecular formula is C17H12BrNO3. The molecule has 0 fully saturated rings. The maximum atomic E-state index is 12.2. The number of anilines is 1. The molecule has 1 N–H and O–H groups in total. The van der Waals surface area contributed by atoms with Crippen LogP contribution in [0.25, 0.3) is 11.6 Å². The number of carbonyl (C=O) groups is 2. The molecular weight excluding hydrogens is 346 g/mol. The normalized spacial score (nSPS) is 14.6. The van der Waals surface area contributed by atoms with Crippen molar-refractivity contribution in [2.24, 2.45) is 0 Å². The first-order valence-corrected chi connectivity index (χ1v) is 7.39. The Balaban J connectivity index is 2.03. The number of carbonyl (C=O) groups excluding carboxylic acids is 2. The number of nitrogens with one attached hydrogen (secondary N) is 1. The van der Waals surface area contributed by atoms with E-state index in [1.807, 2.05) is 30.3 Å². The molecule has 1 aliphatic rings. The zero-order valence-corrected chi connectivity index (χ0v) is 13.3. The zero-order chi connectivity index (χ0) is 15.7. The van der Waals surface area contributed by atoms with Crippen molar-refractivity contribution in [3.63, 3.8) is 0 Å². The van der Waals surface area contributed by atoms with Crippen molar-refractivity contribution in [1.29, 1.82) is 0 Å². The first-order valence-electron chi connectivity index (χ1n) is 6.60. The maximum absolute atomic E-state index is 12.2. The first kappa shape index (κ1) is 14.5. The van der Waals surface area contributed by atoms with Gasteiger partial charge in [-0.2, -0.15) is 0 Å². The molecule has 2 aromatic rings. The lowest BCUT2D eigenvalue weighted by atomic mass is 10.0. The Bertz CT molecular complexity index is 811. The van der Waals surface area contributed by atoms with Gasteiger partial charge in [0.1, 0.15) is 0 Å². The summed E-state index contributed by atoms with van der Waals surface area (Å²) in [6.45, 7) is 0. The Morgan fingerprint density at radius 1 is 1.23 bits per heavy atom. The lowest BCUT2D eigenvalue weighted by Gasteiger charge is -2.03. The Morgan fingerprint density at radius 3 is 2.77 bits per heavy atom. The van der Waals surface area contributed by atoms with Gasteiger partial charge in [0.15, 0.2) is 0 Å². The van der Waals surface area contributed by atoms with Gasteiger partial charge in [0.2, 0.25) is 0 Å². The van der Waals surface area contributed by atoms with E-state index in [4.69, 9.17) is 0 Å². The molecule has 0 unspecified atom stereocenters. The van der Waals surface area contributed by atoms with E-state index in [2.05, 4.69) is 26.0 Å². The van der Waals surface area contributed by atoms with Crippen LogP contribution in [0.2, 0.25) is 0 Å². The minimum Gasteiger partial charge on any atom is -0.465 e. The Labute approximate surface area is 135 Å². The second-order valence-corrected chi connectivity index (χ2v) is 5.73. The molecule has 22 heavy (non-hydrogen) atoms. The van der Waals surface area contributed by atoms with E-state index < -0.39 is 5.97 Å². The standard InChI is InChI=1S/C17H12BrNO3/c1-22-17(21)11-5-6-13-14(16(20)19-15(13)9-11)8-10-3-2-4-12(18)7-10/h2-9H,1H3,(H,19,20). The topological polar surface area (TPSA) is 55.4 Å². The molecule has 1 heterocycles. The third kappa shape index (κ3) is 2.67. The van der Waals surface area contributed by atoms with Crippen LogP contribution in [-0.2, 0) is 9.53 Å². The number of rotatable bonds is 2. The fourth-order valence-electron chi connectivity index (χ4n) is 2.35. The predicted octanol–water partition coefficient (Wildman–Crippen LogP) is 3.73. The highest BCUT2D eigenvalue weighted by molar-refractivity contribution is 9.10. The van der Waals surface area contributed by atoms with Crippen molar-refractivity contribution >= 4 is 45.1 Å². The molecule has 5 heteroatoms.